The van der Waals surface area contributed by atoms with Crippen molar-refractivity contribution in [2.75, 3.05) is 13.2 Å². The minimum atomic E-state index is 0.595. The standard InChI is InChI=1S/C54H62O2/c1-5-9-37-11-15-39(16-12-37)41-19-23-43(24-20-41)45-27-31-49-47(35-45)29-33-51(55-7-3)53(49)54-50-32-28-46(36-48(50)30-34-52(54)56-8-4)44-25-21-42(22-26-44)40-17-13-38(10-6-2)14-18-40/h19-40H,5-18H2,1-4H3. The minimum absolute atomic E-state index is 0.595. The molecule has 0 spiro atoms. The Labute approximate surface area is 336 Å². The summed E-state index contributed by atoms with van der Waals surface area (Å²) in [4.78, 5) is 0. The molecule has 2 fully saturated rings. The molecule has 0 N–H and O–H groups in total. The second-order valence-corrected chi connectivity index (χ2v) is 16.9. The van der Waals surface area contributed by atoms with Gasteiger partial charge in [-0.3, -0.25) is 0 Å². The highest BCUT2D eigenvalue weighted by molar-refractivity contribution is 6.11. The summed E-state index contributed by atoms with van der Waals surface area (Å²) in [5.41, 5.74) is 10.2. The molecule has 56 heavy (non-hydrogen) atoms. The van der Waals surface area contributed by atoms with Crippen LogP contribution in [0.3, 0.4) is 0 Å². The average Bonchev–Trinajstić information content (AvgIpc) is 3.24. The largest absolute Gasteiger partial charge is 0.493 e. The van der Waals surface area contributed by atoms with E-state index in [1.54, 1.807) is 0 Å². The number of fused-ring (bicyclic) bond motifs is 2. The normalized spacial score (nSPS) is 20.0. The SMILES string of the molecule is CCCC1CCC(c2ccc(-c3ccc4c(-c5c(OCC)ccc6cc(-c7ccc(C8CCC(CCC)CC8)cc7)ccc56)c(OCC)ccc4c3)cc2)CC1. The van der Waals surface area contributed by atoms with Crippen molar-refractivity contribution in [2.24, 2.45) is 11.8 Å². The van der Waals surface area contributed by atoms with Gasteiger partial charge in [0.1, 0.15) is 11.5 Å². The molecule has 0 saturated heterocycles. The second-order valence-electron chi connectivity index (χ2n) is 16.9. The van der Waals surface area contributed by atoms with Crippen LogP contribution in [0.15, 0.2) is 109 Å². The Bertz CT molecular complexity index is 2050. The molecule has 290 valence electrons. The Kier molecular flexibility index (Phi) is 12.1. The predicted molar refractivity (Wildman–Crippen MR) is 239 cm³/mol. The third-order valence-corrected chi connectivity index (χ3v) is 13.3. The first-order valence-corrected chi connectivity index (χ1v) is 22.2. The van der Waals surface area contributed by atoms with Crippen LogP contribution in [0, 0.1) is 11.8 Å². The van der Waals surface area contributed by atoms with Gasteiger partial charge in [-0.1, -0.05) is 124 Å². The van der Waals surface area contributed by atoms with Gasteiger partial charge in [0.2, 0.25) is 0 Å². The van der Waals surface area contributed by atoms with Crippen LogP contribution in [0.5, 0.6) is 11.5 Å². The van der Waals surface area contributed by atoms with E-state index in [0.717, 1.165) is 34.5 Å². The zero-order valence-corrected chi connectivity index (χ0v) is 34.4. The third kappa shape index (κ3) is 8.13. The van der Waals surface area contributed by atoms with Crippen molar-refractivity contribution >= 4 is 21.5 Å². The van der Waals surface area contributed by atoms with Crippen LogP contribution in [0.2, 0.25) is 0 Å². The van der Waals surface area contributed by atoms with Gasteiger partial charge in [-0.15, -0.1) is 0 Å². The first-order chi connectivity index (χ1) is 27.6. The zero-order valence-electron chi connectivity index (χ0n) is 34.4. The van der Waals surface area contributed by atoms with E-state index in [1.165, 1.54) is 132 Å². The van der Waals surface area contributed by atoms with Crippen molar-refractivity contribution in [3.05, 3.63) is 120 Å². The Morgan fingerprint density at radius 2 is 0.786 bits per heavy atom. The van der Waals surface area contributed by atoms with Crippen molar-refractivity contribution in [3.63, 3.8) is 0 Å². The van der Waals surface area contributed by atoms with Gasteiger partial charge in [-0.05, 0) is 168 Å². The summed E-state index contributed by atoms with van der Waals surface area (Å²) < 4.78 is 12.8. The highest BCUT2D eigenvalue weighted by Crippen LogP contribution is 2.47. The number of ether oxygens (including phenoxy) is 2. The van der Waals surface area contributed by atoms with E-state index >= 15 is 0 Å². The predicted octanol–water partition coefficient (Wildman–Crippen LogP) is 15.9. The molecule has 0 bridgehead atoms. The molecule has 0 heterocycles. The van der Waals surface area contributed by atoms with Crippen LogP contribution in [0.4, 0.5) is 0 Å². The van der Waals surface area contributed by atoms with E-state index < -0.39 is 0 Å². The zero-order chi connectivity index (χ0) is 38.4. The van der Waals surface area contributed by atoms with Crippen LogP contribution in [0.25, 0.3) is 54.9 Å². The summed E-state index contributed by atoms with van der Waals surface area (Å²) in [6.07, 6.45) is 16.3. The van der Waals surface area contributed by atoms with Crippen molar-refractivity contribution in [3.8, 4) is 44.9 Å². The Morgan fingerprint density at radius 3 is 1.14 bits per heavy atom. The Morgan fingerprint density at radius 1 is 0.411 bits per heavy atom. The van der Waals surface area contributed by atoms with Crippen LogP contribution < -0.4 is 9.47 Å². The van der Waals surface area contributed by atoms with E-state index in [0.29, 0.717) is 25.0 Å². The molecular formula is C54H62O2. The van der Waals surface area contributed by atoms with E-state index in [4.69, 9.17) is 9.47 Å². The maximum absolute atomic E-state index is 6.40. The van der Waals surface area contributed by atoms with Gasteiger partial charge in [0.05, 0.1) is 13.2 Å². The number of rotatable bonds is 13. The summed E-state index contributed by atoms with van der Waals surface area (Å²) in [5, 5.41) is 4.76. The van der Waals surface area contributed by atoms with Crippen molar-refractivity contribution < 1.29 is 9.47 Å². The molecule has 0 aromatic heterocycles. The van der Waals surface area contributed by atoms with Gasteiger partial charge in [0.25, 0.3) is 0 Å². The minimum Gasteiger partial charge on any atom is -0.493 e. The fraction of sp³-hybridized carbons (Fsp3) is 0.407. The molecule has 2 saturated carbocycles. The van der Waals surface area contributed by atoms with Crippen LogP contribution >= 0.6 is 0 Å². The summed E-state index contributed by atoms with van der Waals surface area (Å²) in [6.45, 7) is 9.98. The van der Waals surface area contributed by atoms with Gasteiger partial charge in [0, 0.05) is 11.1 Å². The molecule has 0 amide bonds. The van der Waals surface area contributed by atoms with Crippen LogP contribution in [0.1, 0.15) is 128 Å². The van der Waals surface area contributed by atoms with Crippen molar-refractivity contribution in [1.29, 1.82) is 0 Å². The molecule has 0 radical (unpaired) electrons. The Balaban J connectivity index is 1.11. The fourth-order valence-corrected chi connectivity index (χ4v) is 10.3. The highest BCUT2D eigenvalue weighted by atomic mass is 16.5. The smallest absolute Gasteiger partial charge is 0.127 e. The first-order valence-electron chi connectivity index (χ1n) is 22.2. The molecule has 2 heteroatoms. The second kappa shape index (κ2) is 17.7. The van der Waals surface area contributed by atoms with E-state index in [1.807, 2.05) is 0 Å². The molecule has 0 aliphatic heterocycles. The summed E-state index contributed by atoms with van der Waals surface area (Å²) in [7, 11) is 0. The lowest BCUT2D eigenvalue weighted by atomic mass is 9.77. The summed E-state index contributed by atoms with van der Waals surface area (Å²) in [6, 6.07) is 41.5. The average molecular weight is 743 g/mol. The molecular weight excluding hydrogens is 681 g/mol. The number of hydrogen-bond acceptors (Lipinski definition) is 2. The number of hydrogen-bond donors (Lipinski definition) is 0. The maximum Gasteiger partial charge on any atom is 0.127 e. The molecule has 8 rings (SSSR count). The van der Waals surface area contributed by atoms with Crippen molar-refractivity contribution in [2.45, 2.75) is 117 Å². The lowest BCUT2D eigenvalue weighted by molar-refractivity contribution is 0.308. The molecule has 2 aliphatic rings. The summed E-state index contributed by atoms with van der Waals surface area (Å²) >= 11 is 0. The number of benzene rings is 6. The van der Waals surface area contributed by atoms with Gasteiger partial charge in [-0.25, -0.2) is 0 Å². The lowest BCUT2D eigenvalue weighted by Crippen LogP contribution is -2.13. The van der Waals surface area contributed by atoms with Gasteiger partial charge in [-0.2, -0.15) is 0 Å². The van der Waals surface area contributed by atoms with Gasteiger partial charge >= 0.3 is 0 Å². The van der Waals surface area contributed by atoms with E-state index in [-0.39, 0.29) is 0 Å². The molecule has 2 nitrogen and oxygen atoms in total. The summed E-state index contributed by atoms with van der Waals surface area (Å²) in [5.74, 6) is 5.06. The molecule has 0 unspecified atom stereocenters. The topological polar surface area (TPSA) is 18.5 Å². The van der Waals surface area contributed by atoms with Gasteiger partial charge < -0.3 is 9.47 Å². The maximum atomic E-state index is 6.40. The molecule has 0 atom stereocenters. The quantitative estimate of drug-likeness (QED) is 0.117. The van der Waals surface area contributed by atoms with Crippen molar-refractivity contribution in [1.82, 2.24) is 0 Å². The molecule has 6 aromatic carbocycles. The Hall–Kier alpha value is -4.56. The molecule has 6 aromatic rings. The lowest BCUT2D eigenvalue weighted by Gasteiger charge is -2.28. The highest BCUT2D eigenvalue weighted by Gasteiger charge is 2.24. The molecule has 2 aliphatic carbocycles. The third-order valence-electron chi connectivity index (χ3n) is 13.3. The van der Waals surface area contributed by atoms with Gasteiger partial charge in [0.15, 0.2) is 0 Å². The monoisotopic (exact) mass is 742 g/mol. The van der Waals surface area contributed by atoms with Crippen LogP contribution in [-0.4, -0.2) is 13.2 Å². The van der Waals surface area contributed by atoms with E-state index in [2.05, 4.69) is 137 Å². The fourth-order valence-electron chi connectivity index (χ4n) is 10.3. The van der Waals surface area contributed by atoms with E-state index in [9.17, 15) is 0 Å². The first kappa shape index (κ1) is 38.3. The van der Waals surface area contributed by atoms with Crippen LogP contribution in [-0.2, 0) is 0 Å².